The fraction of sp³-hybridized carbons (Fsp3) is 0.571. The first-order valence-electron chi connectivity index (χ1n) is 3.38. The third-order valence-electron chi connectivity index (χ3n) is 0.539. The number of rotatable bonds is 0. The molecule has 72 valence electrons. The quantitative estimate of drug-likeness (QED) is 0.436. The van der Waals surface area contributed by atoms with E-state index in [-0.39, 0.29) is 0 Å². The minimum atomic E-state index is -1.83. The van der Waals surface area contributed by atoms with Gasteiger partial charge >= 0.3 is 6.16 Å². The molecule has 0 aliphatic carbocycles. The molecule has 0 aromatic carbocycles. The molecule has 1 aliphatic rings. The van der Waals surface area contributed by atoms with Crippen LogP contribution in [0.4, 0.5) is 4.79 Å². The predicted octanol–water partition coefficient (Wildman–Crippen LogP) is 1.75. The Morgan fingerprint density at radius 3 is 1.75 bits per heavy atom. The molecule has 5 heteroatoms. The Balaban J connectivity index is 0. The van der Waals surface area contributed by atoms with Crippen LogP contribution >= 0.6 is 0 Å². The lowest BCUT2D eigenvalue weighted by Crippen LogP contribution is -1.81. The van der Waals surface area contributed by atoms with E-state index in [4.69, 9.17) is 15.0 Å². The molecule has 1 rings (SSSR count). The first-order valence-corrected chi connectivity index (χ1v) is 3.38. The lowest BCUT2D eigenvalue weighted by molar-refractivity contribution is -0.248. The summed E-state index contributed by atoms with van der Waals surface area (Å²) in [4.78, 5) is 17.4. The van der Waals surface area contributed by atoms with Gasteiger partial charge in [0.15, 0.2) is 0 Å². The predicted molar refractivity (Wildman–Crippen MR) is 43.0 cm³/mol. The van der Waals surface area contributed by atoms with Gasteiger partial charge < -0.3 is 10.2 Å². The first-order chi connectivity index (χ1) is 5.65. The summed E-state index contributed by atoms with van der Waals surface area (Å²) in [6.45, 7) is 6.81. The third kappa shape index (κ3) is 36.4. The molecule has 0 aromatic heterocycles. The largest absolute Gasteiger partial charge is 0.503 e. The van der Waals surface area contributed by atoms with Crippen LogP contribution in [-0.4, -0.2) is 29.6 Å². The van der Waals surface area contributed by atoms with Gasteiger partial charge in [0.2, 0.25) is 0 Å². The van der Waals surface area contributed by atoms with Crippen molar-refractivity contribution in [2.45, 2.75) is 13.3 Å². The Kier molecular flexibility index (Phi) is 14.2. The minimum Gasteiger partial charge on any atom is -0.450 e. The van der Waals surface area contributed by atoms with Gasteiger partial charge in [0.25, 0.3) is 0 Å². The summed E-state index contributed by atoms with van der Waals surface area (Å²) in [6, 6.07) is 0. The zero-order chi connectivity index (χ0) is 9.82. The summed E-state index contributed by atoms with van der Waals surface area (Å²) >= 11 is 0. The fourth-order valence-corrected chi connectivity index (χ4v) is 0.295. The zero-order valence-electron chi connectivity index (χ0n) is 7.02. The van der Waals surface area contributed by atoms with E-state index in [0.717, 1.165) is 19.6 Å². The maximum Gasteiger partial charge on any atom is 0.503 e. The van der Waals surface area contributed by atoms with E-state index in [1.54, 1.807) is 6.08 Å². The van der Waals surface area contributed by atoms with Crippen molar-refractivity contribution in [2.24, 2.45) is 0 Å². The molecule has 0 spiro atoms. The number of hydrogen-bond acceptors (Lipinski definition) is 3. The monoisotopic (exact) mass is 178 g/mol. The number of carboxylic acid groups (broad SMARTS) is 2. The SMILES string of the molecule is C1COOC1.C=CC.O=C(O)O. The van der Waals surface area contributed by atoms with E-state index in [0.29, 0.717) is 0 Å². The standard InChI is InChI=1S/C3H6O2.C3H6.CH2O3/c1-2-4-5-3-1;1-3-2;2-1(3)4/h1-3H2;3H,1H2,2H3;(H2,2,3,4). The molecule has 0 atom stereocenters. The van der Waals surface area contributed by atoms with E-state index < -0.39 is 6.16 Å². The summed E-state index contributed by atoms with van der Waals surface area (Å²) in [5, 5.41) is 13.9. The Labute approximate surface area is 71.2 Å². The Hall–Kier alpha value is -1.07. The summed E-state index contributed by atoms with van der Waals surface area (Å²) in [6.07, 6.45) is 0.972. The van der Waals surface area contributed by atoms with Crippen LogP contribution in [0.3, 0.4) is 0 Å². The Morgan fingerprint density at radius 2 is 1.67 bits per heavy atom. The van der Waals surface area contributed by atoms with Crippen molar-refractivity contribution in [3.8, 4) is 0 Å². The van der Waals surface area contributed by atoms with Gasteiger partial charge in [0.1, 0.15) is 0 Å². The molecule has 5 nitrogen and oxygen atoms in total. The molecular formula is C7H14O5. The molecule has 0 saturated carbocycles. The second kappa shape index (κ2) is 12.6. The van der Waals surface area contributed by atoms with Crippen molar-refractivity contribution in [3.05, 3.63) is 12.7 Å². The summed E-state index contributed by atoms with van der Waals surface area (Å²) in [5.41, 5.74) is 0. The van der Waals surface area contributed by atoms with Crippen LogP contribution in [0.15, 0.2) is 12.7 Å². The molecule has 12 heavy (non-hydrogen) atoms. The van der Waals surface area contributed by atoms with E-state index >= 15 is 0 Å². The molecule has 0 unspecified atom stereocenters. The van der Waals surface area contributed by atoms with Crippen molar-refractivity contribution >= 4 is 6.16 Å². The average molecular weight is 178 g/mol. The number of carbonyl (C=O) groups is 1. The fourth-order valence-electron chi connectivity index (χ4n) is 0.295. The smallest absolute Gasteiger partial charge is 0.450 e. The van der Waals surface area contributed by atoms with Crippen molar-refractivity contribution in [1.29, 1.82) is 0 Å². The Bertz CT molecular complexity index is 96.8. The molecule has 1 saturated heterocycles. The van der Waals surface area contributed by atoms with Gasteiger partial charge in [-0.2, -0.15) is 0 Å². The minimum absolute atomic E-state index is 0.778. The van der Waals surface area contributed by atoms with Gasteiger partial charge in [-0.15, -0.1) is 6.58 Å². The van der Waals surface area contributed by atoms with Gasteiger partial charge in [-0.3, -0.25) is 0 Å². The number of allylic oxidation sites excluding steroid dienone is 1. The van der Waals surface area contributed by atoms with Crippen LogP contribution in [0.25, 0.3) is 0 Å². The Morgan fingerprint density at radius 1 is 1.42 bits per heavy atom. The van der Waals surface area contributed by atoms with Crippen molar-refractivity contribution in [3.63, 3.8) is 0 Å². The molecule has 0 aromatic rings. The van der Waals surface area contributed by atoms with Crippen LogP contribution in [0.1, 0.15) is 13.3 Å². The van der Waals surface area contributed by atoms with Gasteiger partial charge in [0.05, 0.1) is 13.2 Å². The number of hydrogen-bond donors (Lipinski definition) is 2. The van der Waals surface area contributed by atoms with Crippen LogP contribution in [0.5, 0.6) is 0 Å². The van der Waals surface area contributed by atoms with E-state index in [1.807, 2.05) is 6.92 Å². The van der Waals surface area contributed by atoms with Crippen LogP contribution < -0.4 is 0 Å². The van der Waals surface area contributed by atoms with E-state index in [1.165, 1.54) is 0 Å². The lowest BCUT2D eigenvalue weighted by atomic mass is 10.5. The highest BCUT2D eigenvalue weighted by atomic mass is 17.2. The van der Waals surface area contributed by atoms with Gasteiger partial charge in [-0.05, 0) is 6.92 Å². The van der Waals surface area contributed by atoms with Crippen molar-refractivity contribution < 1.29 is 24.8 Å². The second-order valence-corrected chi connectivity index (χ2v) is 1.69. The maximum atomic E-state index is 8.56. The lowest BCUT2D eigenvalue weighted by Gasteiger charge is -1.77. The van der Waals surface area contributed by atoms with E-state index in [9.17, 15) is 0 Å². The van der Waals surface area contributed by atoms with Gasteiger partial charge in [-0.1, -0.05) is 6.08 Å². The second-order valence-electron chi connectivity index (χ2n) is 1.69. The van der Waals surface area contributed by atoms with Gasteiger partial charge in [-0.25, -0.2) is 14.6 Å². The molecule has 1 heterocycles. The van der Waals surface area contributed by atoms with Crippen molar-refractivity contribution in [1.82, 2.24) is 0 Å². The van der Waals surface area contributed by atoms with Crippen molar-refractivity contribution in [2.75, 3.05) is 13.2 Å². The first kappa shape index (κ1) is 13.5. The normalized spacial score (nSPS) is 13.1. The van der Waals surface area contributed by atoms with Crippen LogP contribution in [0, 0.1) is 0 Å². The zero-order valence-corrected chi connectivity index (χ0v) is 7.02. The maximum absolute atomic E-state index is 8.56. The van der Waals surface area contributed by atoms with Gasteiger partial charge in [0, 0.05) is 6.42 Å². The molecule has 0 radical (unpaired) electrons. The highest BCUT2D eigenvalue weighted by Gasteiger charge is 1.95. The molecule has 2 N–H and O–H groups in total. The average Bonchev–Trinajstić information content (AvgIpc) is 2.40. The molecular weight excluding hydrogens is 164 g/mol. The summed E-state index contributed by atoms with van der Waals surface area (Å²) in [7, 11) is 0. The molecule has 1 aliphatic heterocycles. The molecule has 0 amide bonds. The highest BCUT2D eigenvalue weighted by molar-refractivity contribution is 5.53. The van der Waals surface area contributed by atoms with E-state index in [2.05, 4.69) is 16.4 Å². The topological polar surface area (TPSA) is 76.0 Å². The van der Waals surface area contributed by atoms with Crippen LogP contribution in [0.2, 0.25) is 0 Å². The highest BCUT2D eigenvalue weighted by Crippen LogP contribution is 1.93. The summed E-state index contributed by atoms with van der Waals surface area (Å²) in [5.74, 6) is 0. The molecule has 0 bridgehead atoms. The third-order valence-corrected chi connectivity index (χ3v) is 0.539. The summed E-state index contributed by atoms with van der Waals surface area (Å²) < 4.78 is 0. The van der Waals surface area contributed by atoms with Crippen LogP contribution in [-0.2, 0) is 9.78 Å². The molecule has 1 fully saturated rings.